The smallest absolute Gasteiger partial charge is 0.332 e. The van der Waals surface area contributed by atoms with Gasteiger partial charge in [0.05, 0.1) is 0 Å². The molecule has 0 atom stereocenters. The van der Waals surface area contributed by atoms with Gasteiger partial charge in [-0.25, -0.2) is 0 Å². The highest BCUT2D eigenvalue weighted by molar-refractivity contribution is 7.86. The van der Waals surface area contributed by atoms with E-state index in [-0.39, 0.29) is 12.1 Å². The Bertz CT molecular complexity index is 529. The molecule has 0 aliphatic heterocycles. The molecule has 0 amide bonds. The summed E-state index contributed by atoms with van der Waals surface area (Å²) in [6.45, 7) is 1.50. The molecule has 5 heteroatoms. The number of benzene rings is 1. The van der Waals surface area contributed by atoms with Crippen molar-refractivity contribution < 1.29 is 12.3 Å². The van der Waals surface area contributed by atoms with Crippen LogP contribution in [-0.2, 0) is 16.6 Å². The van der Waals surface area contributed by atoms with Crippen molar-refractivity contribution in [3.63, 3.8) is 0 Å². The lowest BCUT2D eigenvalue weighted by atomic mass is 10.1. The lowest BCUT2D eigenvalue weighted by Gasteiger charge is -2.07. The van der Waals surface area contributed by atoms with Gasteiger partial charge in [0.15, 0.2) is 0 Å². The van der Waals surface area contributed by atoms with E-state index in [2.05, 4.69) is 5.92 Å². The van der Waals surface area contributed by atoms with Crippen LogP contribution in [-0.4, -0.2) is 8.42 Å². The van der Waals surface area contributed by atoms with Crippen LogP contribution in [0.5, 0.6) is 0 Å². The Hall–Kier alpha value is -1.54. The first-order valence-corrected chi connectivity index (χ1v) is 5.51. The minimum atomic E-state index is -4.75. The van der Waals surface area contributed by atoms with Gasteiger partial charge in [-0.2, -0.15) is 8.42 Å². The molecule has 0 spiro atoms. The third-order valence-electron chi connectivity index (χ3n) is 2.05. The van der Waals surface area contributed by atoms with E-state index in [0.29, 0.717) is 11.1 Å². The Labute approximate surface area is 88.3 Å². The molecule has 1 aromatic carbocycles. The summed E-state index contributed by atoms with van der Waals surface area (Å²) in [5, 5.41) is 0. The first-order chi connectivity index (χ1) is 6.86. The molecular weight excluding hydrogens is 217 g/mol. The van der Waals surface area contributed by atoms with Gasteiger partial charge in [0.25, 0.3) is 0 Å². The molecule has 0 aliphatic rings. The summed E-state index contributed by atoms with van der Waals surface area (Å²) in [6.07, 6.45) is 5.33. The molecule has 0 aliphatic carbocycles. The third-order valence-corrected chi connectivity index (χ3v) is 2.99. The van der Waals surface area contributed by atoms with Gasteiger partial charge in [-0.15, -0.1) is 16.2 Å². The van der Waals surface area contributed by atoms with Gasteiger partial charge in [-0.3, -0.25) is 0 Å². The monoisotopic (exact) mass is 227 g/mol. The van der Waals surface area contributed by atoms with E-state index in [1.54, 1.807) is 6.07 Å². The molecular formula is C10H10FNO2S. The summed E-state index contributed by atoms with van der Waals surface area (Å²) in [6, 6.07) is 2.63. The zero-order chi connectivity index (χ0) is 11.6. The molecule has 1 rings (SSSR count). The van der Waals surface area contributed by atoms with Gasteiger partial charge in [-0.05, 0) is 30.2 Å². The number of halogens is 1. The molecule has 0 bridgehead atoms. The van der Waals surface area contributed by atoms with E-state index < -0.39 is 15.1 Å². The maximum atomic E-state index is 12.8. The van der Waals surface area contributed by atoms with E-state index in [4.69, 9.17) is 12.2 Å². The number of terminal acetylenes is 1. The van der Waals surface area contributed by atoms with Crippen molar-refractivity contribution >= 4 is 15.9 Å². The van der Waals surface area contributed by atoms with Gasteiger partial charge in [0.2, 0.25) is 0 Å². The van der Waals surface area contributed by atoms with E-state index in [0.717, 1.165) is 6.07 Å². The Morgan fingerprint density at radius 1 is 1.53 bits per heavy atom. The molecule has 15 heavy (non-hydrogen) atoms. The number of anilines is 1. The quantitative estimate of drug-likeness (QED) is 0.472. The second-order valence-electron chi connectivity index (χ2n) is 3.12. The molecule has 0 saturated carbocycles. The molecule has 0 heterocycles. The van der Waals surface area contributed by atoms with Crippen molar-refractivity contribution in [3.8, 4) is 12.3 Å². The summed E-state index contributed by atoms with van der Waals surface area (Å²) in [5.41, 5.74) is 6.50. The fourth-order valence-corrected chi connectivity index (χ4v) is 2.09. The zero-order valence-electron chi connectivity index (χ0n) is 8.12. The van der Waals surface area contributed by atoms with Gasteiger partial charge in [-0.1, -0.05) is 0 Å². The van der Waals surface area contributed by atoms with Crippen LogP contribution in [0.2, 0.25) is 0 Å². The molecule has 0 fully saturated rings. The maximum absolute atomic E-state index is 12.8. The van der Waals surface area contributed by atoms with Gasteiger partial charge in [0, 0.05) is 12.1 Å². The van der Waals surface area contributed by atoms with Crippen LogP contribution in [0.1, 0.15) is 11.1 Å². The molecule has 1 aromatic rings. The Morgan fingerprint density at radius 2 is 2.13 bits per heavy atom. The van der Waals surface area contributed by atoms with E-state index in [1.165, 1.54) is 6.92 Å². The van der Waals surface area contributed by atoms with Crippen LogP contribution in [0.25, 0.3) is 0 Å². The number of rotatable bonds is 2. The minimum Gasteiger partial charge on any atom is -0.399 e. The Morgan fingerprint density at radius 3 is 2.60 bits per heavy atom. The summed E-state index contributed by atoms with van der Waals surface area (Å²) >= 11 is 0. The highest BCUT2D eigenvalue weighted by Gasteiger charge is 2.17. The SMILES string of the molecule is C#CCc1cc(N)cc(S(=O)(=O)F)c1C. The Kier molecular flexibility index (Phi) is 3.01. The predicted octanol–water partition coefficient (Wildman–Crippen LogP) is 1.41. The van der Waals surface area contributed by atoms with Crippen molar-refractivity contribution in [1.82, 2.24) is 0 Å². The average molecular weight is 227 g/mol. The number of hydrogen-bond donors (Lipinski definition) is 1. The van der Waals surface area contributed by atoms with Gasteiger partial charge >= 0.3 is 10.2 Å². The molecule has 80 valence electrons. The molecule has 0 aromatic heterocycles. The van der Waals surface area contributed by atoms with Crippen LogP contribution in [0, 0.1) is 19.3 Å². The molecule has 0 radical (unpaired) electrons. The fourth-order valence-electron chi connectivity index (χ4n) is 1.32. The lowest BCUT2D eigenvalue weighted by Crippen LogP contribution is -2.02. The lowest BCUT2D eigenvalue weighted by molar-refractivity contribution is 0.551. The van der Waals surface area contributed by atoms with Crippen molar-refractivity contribution in [2.24, 2.45) is 0 Å². The first-order valence-electron chi connectivity index (χ1n) is 4.13. The van der Waals surface area contributed by atoms with Crippen LogP contribution >= 0.6 is 0 Å². The van der Waals surface area contributed by atoms with Crippen molar-refractivity contribution in [3.05, 3.63) is 23.3 Å². The highest BCUT2D eigenvalue weighted by atomic mass is 32.3. The van der Waals surface area contributed by atoms with Gasteiger partial charge in [0.1, 0.15) is 4.90 Å². The molecule has 0 saturated heterocycles. The zero-order valence-corrected chi connectivity index (χ0v) is 8.94. The molecule has 3 nitrogen and oxygen atoms in total. The summed E-state index contributed by atoms with van der Waals surface area (Å²) in [5.74, 6) is 2.36. The normalized spacial score (nSPS) is 11.0. The highest BCUT2D eigenvalue weighted by Crippen LogP contribution is 2.24. The van der Waals surface area contributed by atoms with E-state index in [1.807, 2.05) is 0 Å². The summed E-state index contributed by atoms with van der Waals surface area (Å²) in [7, 11) is -4.75. The third kappa shape index (κ3) is 2.48. The van der Waals surface area contributed by atoms with Crippen molar-refractivity contribution in [2.75, 3.05) is 5.73 Å². The van der Waals surface area contributed by atoms with Crippen LogP contribution in [0.15, 0.2) is 17.0 Å². The van der Waals surface area contributed by atoms with Crippen LogP contribution < -0.4 is 5.73 Å². The summed E-state index contributed by atoms with van der Waals surface area (Å²) < 4.78 is 34.4. The topological polar surface area (TPSA) is 60.2 Å². The number of nitrogen functional groups attached to an aromatic ring is 1. The van der Waals surface area contributed by atoms with Crippen LogP contribution in [0.4, 0.5) is 9.57 Å². The van der Waals surface area contributed by atoms with Crippen molar-refractivity contribution in [2.45, 2.75) is 18.2 Å². The maximum Gasteiger partial charge on any atom is 0.332 e. The number of nitrogens with two attached hydrogens (primary N) is 1. The molecule has 0 unspecified atom stereocenters. The number of hydrogen-bond acceptors (Lipinski definition) is 3. The average Bonchev–Trinajstić information content (AvgIpc) is 2.09. The van der Waals surface area contributed by atoms with Gasteiger partial charge < -0.3 is 5.73 Å². The van der Waals surface area contributed by atoms with Crippen LogP contribution in [0.3, 0.4) is 0 Å². The van der Waals surface area contributed by atoms with E-state index >= 15 is 0 Å². The second-order valence-corrected chi connectivity index (χ2v) is 4.44. The first kappa shape index (κ1) is 11.5. The standard InChI is InChI=1S/C10H10FNO2S/c1-3-4-8-5-9(12)6-10(7(8)2)15(11,13)14/h1,5-6H,4,12H2,2H3. The fraction of sp³-hybridized carbons (Fsp3) is 0.200. The second kappa shape index (κ2) is 3.91. The molecule has 2 N–H and O–H groups in total. The Balaban J connectivity index is 3.50. The summed E-state index contributed by atoms with van der Waals surface area (Å²) in [4.78, 5) is -0.409. The van der Waals surface area contributed by atoms with Crippen molar-refractivity contribution in [1.29, 1.82) is 0 Å². The minimum absolute atomic E-state index is 0.182. The largest absolute Gasteiger partial charge is 0.399 e. The van der Waals surface area contributed by atoms with E-state index in [9.17, 15) is 12.3 Å². The predicted molar refractivity (Wildman–Crippen MR) is 56.4 cm³/mol.